The highest BCUT2D eigenvalue weighted by atomic mass is 16.6. The largest absolute Gasteiger partial charge is 0.491 e. The van der Waals surface area contributed by atoms with E-state index in [0.29, 0.717) is 12.7 Å². The first-order chi connectivity index (χ1) is 6.38. The Bertz CT molecular complexity index is 284. The molecule has 3 heteroatoms. The third kappa shape index (κ3) is 2.36. The second kappa shape index (κ2) is 3.66. The Balaban J connectivity index is 1.93. The number of hydrogen-bond acceptors (Lipinski definition) is 3. The zero-order valence-electron chi connectivity index (χ0n) is 7.62. The summed E-state index contributed by atoms with van der Waals surface area (Å²) in [5.74, 6) is 0.891. The minimum atomic E-state index is 0.318. The van der Waals surface area contributed by atoms with E-state index in [1.807, 2.05) is 31.3 Å². The summed E-state index contributed by atoms with van der Waals surface area (Å²) in [4.78, 5) is 0. The molecule has 0 bridgehead atoms. The summed E-state index contributed by atoms with van der Waals surface area (Å²) in [5.41, 5.74) is 1.06. The lowest BCUT2D eigenvalue weighted by molar-refractivity contribution is 0.263. The molecule has 2 rings (SSSR count). The van der Waals surface area contributed by atoms with Gasteiger partial charge in [0.15, 0.2) is 0 Å². The molecule has 1 aliphatic rings. The molecule has 13 heavy (non-hydrogen) atoms. The van der Waals surface area contributed by atoms with Crippen LogP contribution in [0.25, 0.3) is 0 Å². The number of nitrogens with one attached hydrogen (secondary N) is 1. The van der Waals surface area contributed by atoms with E-state index in [4.69, 9.17) is 9.47 Å². The topological polar surface area (TPSA) is 33.8 Å². The zero-order chi connectivity index (χ0) is 9.10. The Morgan fingerprint density at radius 2 is 2.46 bits per heavy atom. The van der Waals surface area contributed by atoms with E-state index in [9.17, 15) is 0 Å². The number of anilines is 1. The third-order valence-corrected chi connectivity index (χ3v) is 1.96. The van der Waals surface area contributed by atoms with Gasteiger partial charge in [0.25, 0.3) is 0 Å². The summed E-state index contributed by atoms with van der Waals surface area (Å²) < 4.78 is 10.6. The number of hydrogen-bond donors (Lipinski definition) is 1. The fraction of sp³-hybridized carbons (Fsp3) is 0.400. The molecule has 1 aromatic carbocycles. The fourth-order valence-corrected chi connectivity index (χ4v) is 1.09. The molecule has 0 unspecified atom stereocenters. The highest BCUT2D eigenvalue weighted by Crippen LogP contribution is 2.18. The van der Waals surface area contributed by atoms with Crippen molar-refractivity contribution in [3.05, 3.63) is 24.3 Å². The number of ether oxygens (including phenoxy) is 2. The van der Waals surface area contributed by atoms with Crippen LogP contribution in [0.4, 0.5) is 5.69 Å². The van der Waals surface area contributed by atoms with E-state index in [0.717, 1.165) is 18.0 Å². The summed E-state index contributed by atoms with van der Waals surface area (Å²) >= 11 is 0. The van der Waals surface area contributed by atoms with Crippen LogP contribution in [0.2, 0.25) is 0 Å². The Kier molecular flexibility index (Phi) is 2.36. The molecular formula is C10H13NO2. The van der Waals surface area contributed by atoms with E-state index in [-0.39, 0.29) is 0 Å². The Morgan fingerprint density at radius 1 is 1.62 bits per heavy atom. The molecule has 0 aromatic heterocycles. The zero-order valence-corrected chi connectivity index (χ0v) is 7.62. The van der Waals surface area contributed by atoms with Crippen molar-refractivity contribution in [1.82, 2.24) is 0 Å². The summed E-state index contributed by atoms with van der Waals surface area (Å²) in [6, 6.07) is 7.89. The number of rotatable bonds is 4. The Labute approximate surface area is 77.7 Å². The average Bonchev–Trinajstić information content (AvgIpc) is 2.99. The van der Waals surface area contributed by atoms with Crippen LogP contribution in [0.15, 0.2) is 24.3 Å². The Morgan fingerprint density at radius 3 is 3.15 bits per heavy atom. The maximum atomic E-state index is 5.51. The van der Waals surface area contributed by atoms with E-state index in [1.165, 1.54) is 0 Å². The normalized spacial score (nSPS) is 19.6. The lowest BCUT2D eigenvalue weighted by Gasteiger charge is -2.05. The van der Waals surface area contributed by atoms with Gasteiger partial charge >= 0.3 is 0 Å². The first-order valence-corrected chi connectivity index (χ1v) is 4.41. The van der Waals surface area contributed by atoms with Crippen LogP contribution in [-0.2, 0) is 4.74 Å². The lowest BCUT2D eigenvalue weighted by Crippen LogP contribution is -2.04. The molecule has 70 valence electrons. The van der Waals surface area contributed by atoms with E-state index >= 15 is 0 Å². The van der Waals surface area contributed by atoms with Gasteiger partial charge in [-0.1, -0.05) is 6.07 Å². The molecule has 3 nitrogen and oxygen atoms in total. The quantitative estimate of drug-likeness (QED) is 0.711. The van der Waals surface area contributed by atoms with E-state index in [2.05, 4.69) is 5.32 Å². The minimum absolute atomic E-state index is 0.318. The highest BCUT2D eigenvalue weighted by molar-refractivity contribution is 5.47. The molecule has 1 aliphatic heterocycles. The predicted molar refractivity (Wildman–Crippen MR) is 51.2 cm³/mol. The molecule has 1 N–H and O–H groups in total. The van der Waals surface area contributed by atoms with Crippen LogP contribution in [-0.4, -0.2) is 26.4 Å². The smallest absolute Gasteiger partial charge is 0.121 e. The first-order valence-electron chi connectivity index (χ1n) is 4.41. The van der Waals surface area contributed by atoms with E-state index < -0.39 is 0 Å². The molecule has 1 heterocycles. The molecule has 1 atom stereocenters. The van der Waals surface area contributed by atoms with Crippen molar-refractivity contribution < 1.29 is 9.47 Å². The monoisotopic (exact) mass is 179 g/mol. The molecule has 0 spiro atoms. The molecule has 1 fully saturated rings. The molecule has 0 saturated carbocycles. The summed E-state index contributed by atoms with van der Waals surface area (Å²) in [6.45, 7) is 1.50. The predicted octanol–water partition coefficient (Wildman–Crippen LogP) is 1.51. The third-order valence-electron chi connectivity index (χ3n) is 1.96. The maximum Gasteiger partial charge on any atom is 0.121 e. The van der Waals surface area contributed by atoms with Crippen LogP contribution < -0.4 is 10.1 Å². The van der Waals surface area contributed by atoms with Gasteiger partial charge in [0.05, 0.1) is 6.61 Å². The van der Waals surface area contributed by atoms with Crippen LogP contribution in [0.5, 0.6) is 5.75 Å². The van der Waals surface area contributed by atoms with Crippen molar-refractivity contribution in [3.63, 3.8) is 0 Å². The van der Waals surface area contributed by atoms with Crippen molar-refractivity contribution in [1.29, 1.82) is 0 Å². The molecular weight excluding hydrogens is 166 g/mol. The maximum absolute atomic E-state index is 5.51. The van der Waals surface area contributed by atoms with Crippen molar-refractivity contribution in [3.8, 4) is 5.75 Å². The standard InChI is InChI=1S/C10H13NO2/c1-11-8-3-2-4-9(5-8)12-6-10-7-13-10/h2-5,10-11H,6-7H2,1H3/t10-/m1/s1. The van der Waals surface area contributed by atoms with Gasteiger partial charge in [-0.25, -0.2) is 0 Å². The minimum Gasteiger partial charge on any atom is -0.491 e. The van der Waals surface area contributed by atoms with Crippen molar-refractivity contribution in [2.24, 2.45) is 0 Å². The average molecular weight is 179 g/mol. The molecule has 0 radical (unpaired) electrons. The fourth-order valence-electron chi connectivity index (χ4n) is 1.09. The van der Waals surface area contributed by atoms with E-state index in [1.54, 1.807) is 0 Å². The summed E-state index contributed by atoms with van der Waals surface area (Å²) in [7, 11) is 1.89. The SMILES string of the molecule is CNc1cccc(OC[C@@H]2CO2)c1. The lowest BCUT2D eigenvalue weighted by atomic mass is 10.3. The van der Waals surface area contributed by atoms with Gasteiger partial charge in [-0.2, -0.15) is 0 Å². The second-order valence-electron chi connectivity index (χ2n) is 3.04. The number of benzene rings is 1. The van der Waals surface area contributed by atoms with Gasteiger partial charge in [0, 0.05) is 18.8 Å². The Hall–Kier alpha value is -1.22. The van der Waals surface area contributed by atoms with Crippen LogP contribution in [0, 0.1) is 0 Å². The van der Waals surface area contributed by atoms with Gasteiger partial charge in [-0.15, -0.1) is 0 Å². The van der Waals surface area contributed by atoms with Crippen LogP contribution in [0.1, 0.15) is 0 Å². The van der Waals surface area contributed by atoms with Crippen LogP contribution in [0.3, 0.4) is 0 Å². The van der Waals surface area contributed by atoms with Gasteiger partial charge in [0.1, 0.15) is 18.5 Å². The molecule has 1 aromatic rings. The van der Waals surface area contributed by atoms with Gasteiger partial charge in [-0.3, -0.25) is 0 Å². The van der Waals surface area contributed by atoms with Gasteiger partial charge in [-0.05, 0) is 12.1 Å². The van der Waals surface area contributed by atoms with Crippen molar-refractivity contribution >= 4 is 5.69 Å². The van der Waals surface area contributed by atoms with Crippen molar-refractivity contribution in [2.45, 2.75) is 6.10 Å². The van der Waals surface area contributed by atoms with Gasteiger partial charge < -0.3 is 14.8 Å². The summed E-state index contributed by atoms with van der Waals surface area (Å²) in [6.07, 6.45) is 0.318. The van der Waals surface area contributed by atoms with Crippen molar-refractivity contribution in [2.75, 3.05) is 25.6 Å². The molecule has 0 amide bonds. The molecule has 1 saturated heterocycles. The first kappa shape index (κ1) is 8.38. The van der Waals surface area contributed by atoms with Gasteiger partial charge in [0.2, 0.25) is 0 Å². The second-order valence-corrected chi connectivity index (χ2v) is 3.04. The number of epoxide rings is 1. The van der Waals surface area contributed by atoms with Crippen LogP contribution >= 0.6 is 0 Å². The summed E-state index contributed by atoms with van der Waals surface area (Å²) in [5, 5.41) is 3.06. The molecule has 0 aliphatic carbocycles. The highest BCUT2D eigenvalue weighted by Gasteiger charge is 2.22.